The molecular weight excluding hydrogens is 448 g/mol. The molecule has 0 aliphatic rings. The molecule has 0 aliphatic carbocycles. The first-order chi connectivity index (χ1) is 15.3. The van der Waals surface area contributed by atoms with E-state index in [1.807, 2.05) is 44.2 Å². The molecule has 6 nitrogen and oxygen atoms in total. The van der Waals surface area contributed by atoms with Crippen LogP contribution in [0.25, 0.3) is 21.8 Å². The van der Waals surface area contributed by atoms with Gasteiger partial charge in [-0.1, -0.05) is 36.7 Å². The Bertz CT molecular complexity index is 1440. The third-order valence-corrected chi connectivity index (χ3v) is 7.54. The molecule has 0 fully saturated rings. The third kappa shape index (κ3) is 3.82. The van der Waals surface area contributed by atoms with Gasteiger partial charge in [0.2, 0.25) is 0 Å². The number of para-hydroxylation sites is 1. The van der Waals surface area contributed by atoms with Crippen molar-refractivity contribution < 1.29 is 18.3 Å². The topological polar surface area (TPSA) is 79.6 Å². The maximum absolute atomic E-state index is 13.5. The molecule has 166 valence electrons. The van der Waals surface area contributed by atoms with Gasteiger partial charge in [0.15, 0.2) is 0 Å². The average Bonchev–Trinajstić information content (AvgIpc) is 3.09. The van der Waals surface area contributed by atoms with Crippen LogP contribution < -0.4 is 4.31 Å². The Hall–Kier alpha value is -3.03. The fraction of sp³-hybridized carbons (Fsp3) is 0.208. The summed E-state index contributed by atoms with van der Waals surface area (Å²) in [5.74, 6) is -1.25. The number of nitrogens with zero attached hydrogens (tertiary/aromatic N) is 2. The van der Waals surface area contributed by atoms with E-state index in [2.05, 4.69) is 4.57 Å². The van der Waals surface area contributed by atoms with Gasteiger partial charge in [-0.05, 0) is 61.4 Å². The fourth-order valence-electron chi connectivity index (χ4n) is 4.08. The zero-order valence-electron chi connectivity index (χ0n) is 17.7. The van der Waals surface area contributed by atoms with Gasteiger partial charge in [-0.2, -0.15) is 0 Å². The maximum Gasteiger partial charge on any atom is 0.324 e. The minimum Gasteiger partial charge on any atom is -0.480 e. The van der Waals surface area contributed by atoms with Crippen LogP contribution in [0.1, 0.15) is 19.4 Å². The summed E-state index contributed by atoms with van der Waals surface area (Å²) < 4.78 is 30.2. The van der Waals surface area contributed by atoms with E-state index in [4.69, 9.17) is 11.6 Å². The molecule has 3 aromatic carbocycles. The fourth-order valence-corrected chi connectivity index (χ4v) is 5.90. The highest BCUT2D eigenvalue weighted by molar-refractivity contribution is 7.92. The normalized spacial score (nSPS) is 11.8. The van der Waals surface area contributed by atoms with Crippen LogP contribution in [0.2, 0.25) is 5.02 Å². The number of halogens is 1. The second-order valence-corrected chi connectivity index (χ2v) is 9.82. The van der Waals surface area contributed by atoms with Crippen molar-refractivity contribution in [2.75, 3.05) is 10.8 Å². The molecule has 1 heterocycles. The predicted octanol–water partition coefficient (Wildman–Crippen LogP) is 5.31. The molecule has 0 aliphatic heterocycles. The largest absolute Gasteiger partial charge is 0.480 e. The van der Waals surface area contributed by atoms with Crippen molar-refractivity contribution >= 4 is 55.1 Å². The van der Waals surface area contributed by atoms with E-state index in [1.165, 1.54) is 12.1 Å². The molecule has 4 aromatic rings. The van der Waals surface area contributed by atoms with Crippen LogP contribution in [0, 0.1) is 0 Å². The zero-order chi connectivity index (χ0) is 23.0. The van der Waals surface area contributed by atoms with Crippen molar-refractivity contribution in [1.29, 1.82) is 0 Å². The van der Waals surface area contributed by atoms with Crippen LogP contribution in [0.5, 0.6) is 0 Å². The maximum atomic E-state index is 13.5. The predicted molar refractivity (Wildman–Crippen MR) is 128 cm³/mol. The lowest BCUT2D eigenvalue weighted by Gasteiger charge is -2.23. The third-order valence-electron chi connectivity index (χ3n) is 5.57. The smallest absolute Gasteiger partial charge is 0.324 e. The number of aryl methyl sites for hydroxylation is 2. The van der Waals surface area contributed by atoms with E-state index in [0.717, 1.165) is 38.2 Å². The molecule has 4 rings (SSSR count). The summed E-state index contributed by atoms with van der Waals surface area (Å²) in [6.45, 7) is 4.00. The van der Waals surface area contributed by atoms with Crippen molar-refractivity contribution in [3.8, 4) is 0 Å². The van der Waals surface area contributed by atoms with E-state index >= 15 is 0 Å². The number of aliphatic carboxylic acids is 1. The van der Waals surface area contributed by atoms with Crippen molar-refractivity contribution in [3.63, 3.8) is 0 Å². The number of carboxylic acid groups (broad SMARTS) is 1. The second kappa shape index (κ2) is 8.48. The van der Waals surface area contributed by atoms with Crippen LogP contribution in [0.15, 0.2) is 65.6 Å². The summed E-state index contributed by atoms with van der Waals surface area (Å²) in [7, 11) is -4.16. The highest BCUT2D eigenvalue weighted by atomic mass is 35.5. The van der Waals surface area contributed by atoms with Gasteiger partial charge in [0.25, 0.3) is 10.0 Å². The number of aromatic nitrogens is 1. The Morgan fingerprint density at radius 1 is 1.00 bits per heavy atom. The number of anilines is 1. The van der Waals surface area contributed by atoms with Gasteiger partial charge in [-0.3, -0.25) is 9.10 Å². The van der Waals surface area contributed by atoms with Crippen LogP contribution in [-0.2, 0) is 27.8 Å². The van der Waals surface area contributed by atoms with E-state index in [1.54, 1.807) is 18.2 Å². The Balaban J connectivity index is 1.93. The summed E-state index contributed by atoms with van der Waals surface area (Å²) in [6.07, 6.45) is 0.602. The molecule has 0 radical (unpaired) electrons. The molecule has 0 atom stereocenters. The van der Waals surface area contributed by atoms with Crippen LogP contribution in [0.4, 0.5) is 5.69 Å². The zero-order valence-corrected chi connectivity index (χ0v) is 19.3. The van der Waals surface area contributed by atoms with Crippen LogP contribution >= 0.6 is 11.6 Å². The van der Waals surface area contributed by atoms with Gasteiger partial charge < -0.3 is 9.67 Å². The number of hydrogen-bond acceptors (Lipinski definition) is 3. The van der Waals surface area contributed by atoms with E-state index in [-0.39, 0.29) is 10.6 Å². The van der Waals surface area contributed by atoms with E-state index < -0.39 is 22.5 Å². The summed E-state index contributed by atoms with van der Waals surface area (Å²) in [5, 5.41) is 11.6. The molecule has 0 spiro atoms. The van der Waals surface area contributed by atoms with Gasteiger partial charge in [0.1, 0.15) is 6.54 Å². The molecule has 0 bridgehead atoms. The van der Waals surface area contributed by atoms with Crippen molar-refractivity contribution in [3.05, 3.63) is 71.2 Å². The standard InChI is InChI=1S/C24H23ClN2O4S/c1-3-16-11-17(25)13-19(12-16)32(30,31)27(15-24(28)29)18-9-10-23-21(14-18)20-7-5-6-8-22(20)26(23)4-2/h5-14H,3-4,15H2,1-2H3,(H,28,29). The SMILES string of the molecule is CCc1cc(Cl)cc(S(=O)(=O)N(CC(=O)O)c2ccc3c(c2)c2ccccc2n3CC)c1. The Morgan fingerprint density at radius 2 is 1.72 bits per heavy atom. The summed E-state index contributed by atoms with van der Waals surface area (Å²) >= 11 is 6.15. The number of carbonyl (C=O) groups is 1. The first-order valence-corrected chi connectivity index (χ1v) is 12.1. The number of sulfonamides is 1. The van der Waals surface area contributed by atoms with E-state index in [0.29, 0.717) is 11.4 Å². The molecule has 1 aromatic heterocycles. The monoisotopic (exact) mass is 470 g/mol. The number of fused-ring (bicyclic) bond motifs is 3. The van der Waals surface area contributed by atoms with Gasteiger partial charge in [0, 0.05) is 33.4 Å². The first kappa shape index (κ1) is 22.2. The highest BCUT2D eigenvalue weighted by Gasteiger charge is 2.28. The molecule has 1 N–H and O–H groups in total. The summed E-state index contributed by atoms with van der Waals surface area (Å²) in [6, 6.07) is 17.7. The quantitative estimate of drug-likeness (QED) is 0.397. The Kier molecular flexibility index (Phi) is 5.88. The average molecular weight is 471 g/mol. The molecule has 0 saturated carbocycles. The number of rotatable bonds is 7. The lowest BCUT2D eigenvalue weighted by molar-refractivity contribution is -0.135. The molecule has 32 heavy (non-hydrogen) atoms. The first-order valence-electron chi connectivity index (χ1n) is 10.3. The molecule has 0 unspecified atom stereocenters. The van der Waals surface area contributed by atoms with Crippen LogP contribution in [-0.4, -0.2) is 30.6 Å². The number of carboxylic acids is 1. The van der Waals surface area contributed by atoms with E-state index in [9.17, 15) is 18.3 Å². The molecule has 0 saturated heterocycles. The molecule has 8 heteroatoms. The Labute approximate surface area is 191 Å². The van der Waals surface area contributed by atoms with Crippen molar-refractivity contribution in [1.82, 2.24) is 4.57 Å². The van der Waals surface area contributed by atoms with Crippen molar-refractivity contribution in [2.45, 2.75) is 31.7 Å². The summed E-state index contributed by atoms with van der Waals surface area (Å²) in [5.41, 5.74) is 3.04. The molecular formula is C24H23ClN2O4S. The minimum absolute atomic E-state index is 0.0285. The van der Waals surface area contributed by atoms with Gasteiger partial charge in [-0.15, -0.1) is 0 Å². The Morgan fingerprint density at radius 3 is 2.41 bits per heavy atom. The van der Waals surface area contributed by atoms with Crippen LogP contribution in [0.3, 0.4) is 0 Å². The summed E-state index contributed by atoms with van der Waals surface area (Å²) in [4.78, 5) is 11.6. The highest BCUT2D eigenvalue weighted by Crippen LogP contribution is 2.34. The lowest BCUT2D eigenvalue weighted by atomic mass is 10.1. The van der Waals surface area contributed by atoms with Crippen molar-refractivity contribution in [2.24, 2.45) is 0 Å². The second-order valence-electron chi connectivity index (χ2n) is 7.52. The minimum atomic E-state index is -4.16. The number of benzene rings is 3. The number of hydrogen-bond donors (Lipinski definition) is 1. The van der Waals surface area contributed by atoms with Gasteiger partial charge in [0.05, 0.1) is 10.6 Å². The van der Waals surface area contributed by atoms with Gasteiger partial charge >= 0.3 is 5.97 Å². The molecule has 0 amide bonds. The lowest BCUT2D eigenvalue weighted by Crippen LogP contribution is -2.35. The van der Waals surface area contributed by atoms with Gasteiger partial charge in [-0.25, -0.2) is 8.42 Å².